The quantitative estimate of drug-likeness (QED) is 0.516. The van der Waals surface area contributed by atoms with Crippen LogP contribution >= 0.6 is 11.8 Å². The van der Waals surface area contributed by atoms with E-state index in [9.17, 15) is 4.79 Å². The summed E-state index contributed by atoms with van der Waals surface area (Å²) in [6.07, 6.45) is 0. The van der Waals surface area contributed by atoms with E-state index >= 15 is 0 Å². The number of carbonyl (C=O) groups excluding carboxylic acids is 1. The number of nitrogens with two attached hydrogens (primary N) is 1. The van der Waals surface area contributed by atoms with Gasteiger partial charge in [0.25, 0.3) is 6.47 Å². The SMILES string of the molecule is CC(C)(C)OC=O.Nc1ccc(C23CN2CCS3)cc1. The molecule has 0 saturated carbocycles. The average Bonchev–Trinajstić information content (AvgIpc) is 2.92. The summed E-state index contributed by atoms with van der Waals surface area (Å²) in [6, 6.07) is 8.32. The van der Waals surface area contributed by atoms with Gasteiger partial charge in [-0.05, 0) is 38.5 Å². The molecule has 0 spiro atoms. The van der Waals surface area contributed by atoms with E-state index in [0.717, 1.165) is 5.69 Å². The van der Waals surface area contributed by atoms with Gasteiger partial charge in [0, 0.05) is 24.5 Å². The zero-order valence-electron chi connectivity index (χ0n) is 12.3. The van der Waals surface area contributed by atoms with Crippen LogP contribution in [0.15, 0.2) is 24.3 Å². The Hall–Kier alpha value is -1.20. The van der Waals surface area contributed by atoms with Gasteiger partial charge < -0.3 is 10.5 Å². The number of hydrogen-bond acceptors (Lipinski definition) is 5. The van der Waals surface area contributed by atoms with Crippen molar-refractivity contribution in [2.45, 2.75) is 31.2 Å². The first-order valence-corrected chi connectivity index (χ1v) is 7.72. The van der Waals surface area contributed by atoms with Crippen molar-refractivity contribution < 1.29 is 9.53 Å². The van der Waals surface area contributed by atoms with Crippen LogP contribution in [0, 0.1) is 0 Å². The highest BCUT2D eigenvalue weighted by Gasteiger charge is 2.56. The lowest BCUT2D eigenvalue weighted by Gasteiger charge is -2.14. The van der Waals surface area contributed by atoms with Crippen LogP contribution in [0.3, 0.4) is 0 Å². The molecule has 0 aromatic heterocycles. The second kappa shape index (κ2) is 5.66. The molecule has 2 unspecified atom stereocenters. The van der Waals surface area contributed by atoms with Gasteiger partial charge in [-0.25, -0.2) is 0 Å². The van der Waals surface area contributed by atoms with Crippen LogP contribution in [0.25, 0.3) is 0 Å². The summed E-state index contributed by atoms with van der Waals surface area (Å²) in [7, 11) is 0. The molecule has 1 aromatic carbocycles. The molecule has 2 fully saturated rings. The molecule has 0 amide bonds. The summed E-state index contributed by atoms with van der Waals surface area (Å²) in [6.45, 7) is 8.39. The van der Waals surface area contributed by atoms with Gasteiger partial charge in [-0.2, -0.15) is 0 Å². The highest BCUT2D eigenvalue weighted by Crippen LogP contribution is 2.56. The Morgan fingerprint density at radius 3 is 2.35 bits per heavy atom. The molecule has 110 valence electrons. The van der Waals surface area contributed by atoms with Gasteiger partial charge in [0.2, 0.25) is 0 Å². The summed E-state index contributed by atoms with van der Waals surface area (Å²) in [5, 5.41) is 0. The molecule has 5 heteroatoms. The van der Waals surface area contributed by atoms with Crippen molar-refractivity contribution in [1.82, 2.24) is 4.90 Å². The van der Waals surface area contributed by atoms with Crippen molar-refractivity contribution in [1.29, 1.82) is 0 Å². The summed E-state index contributed by atoms with van der Waals surface area (Å²) in [5.74, 6) is 1.27. The molecule has 3 rings (SSSR count). The van der Waals surface area contributed by atoms with Crippen molar-refractivity contribution >= 4 is 23.9 Å². The van der Waals surface area contributed by atoms with Crippen molar-refractivity contribution in [2.24, 2.45) is 0 Å². The van der Waals surface area contributed by atoms with Crippen LogP contribution in [0.1, 0.15) is 26.3 Å². The summed E-state index contributed by atoms with van der Waals surface area (Å²) in [4.78, 5) is 12.5. The maximum atomic E-state index is 9.60. The Kier molecular flexibility index (Phi) is 4.30. The molecule has 2 aliphatic heterocycles. The Labute approximate surface area is 124 Å². The predicted octanol–water partition coefficient (Wildman–Crippen LogP) is 2.44. The lowest BCUT2D eigenvalue weighted by atomic mass is 10.1. The number of rotatable bonds is 2. The third kappa shape index (κ3) is 3.46. The van der Waals surface area contributed by atoms with Gasteiger partial charge in [-0.1, -0.05) is 12.1 Å². The minimum Gasteiger partial charge on any atom is -0.462 e. The minimum atomic E-state index is -0.318. The van der Waals surface area contributed by atoms with Crippen LogP contribution in [0.5, 0.6) is 0 Å². The van der Waals surface area contributed by atoms with Crippen LogP contribution in [0.2, 0.25) is 0 Å². The number of benzene rings is 1. The second-order valence-electron chi connectivity index (χ2n) is 6.00. The molecule has 2 aliphatic rings. The second-order valence-corrected chi connectivity index (χ2v) is 7.38. The summed E-state index contributed by atoms with van der Waals surface area (Å²) in [5.41, 5.74) is 7.62. The lowest BCUT2D eigenvalue weighted by Crippen LogP contribution is -2.17. The van der Waals surface area contributed by atoms with E-state index in [2.05, 4.69) is 33.5 Å². The molecule has 1 aromatic rings. The molecular weight excluding hydrogens is 272 g/mol. The smallest absolute Gasteiger partial charge is 0.293 e. The minimum absolute atomic E-state index is 0.318. The van der Waals surface area contributed by atoms with E-state index in [4.69, 9.17) is 5.73 Å². The number of ether oxygens (including phenoxy) is 1. The van der Waals surface area contributed by atoms with Gasteiger partial charge in [0.15, 0.2) is 0 Å². The molecule has 20 heavy (non-hydrogen) atoms. The number of nitrogens with zero attached hydrogens (tertiary/aromatic N) is 1. The fourth-order valence-corrected chi connectivity index (χ4v) is 3.66. The predicted molar refractivity (Wildman–Crippen MR) is 83.5 cm³/mol. The molecule has 4 nitrogen and oxygen atoms in total. The topological polar surface area (TPSA) is 55.3 Å². The van der Waals surface area contributed by atoms with Gasteiger partial charge >= 0.3 is 0 Å². The van der Waals surface area contributed by atoms with E-state index in [1.165, 1.54) is 24.4 Å². The first kappa shape index (κ1) is 15.2. The first-order chi connectivity index (χ1) is 9.37. The number of hydrogen-bond donors (Lipinski definition) is 1. The van der Waals surface area contributed by atoms with Gasteiger partial charge in [-0.15, -0.1) is 11.8 Å². The summed E-state index contributed by atoms with van der Waals surface area (Å²) >= 11 is 2.06. The Bertz CT molecular complexity index is 470. The Balaban J connectivity index is 0.000000182. The van der Waals surface area contributed by atoms with Gasteiger partial charge in [0.1, 0.15) is 10.5 Å². The number of carbonyl (C=O) groups is 1. The molecule has 2 saturated heterocycles. The monoisotopic (exact) mass is 294 g/mol. The Morgan fingerprint density at radius 1 is 1.35 bits per heavy atom. The number of thioether (sulfide) groups is 1. The molecule has 0 bridgehead atoms. The highest BCUT2D eigenvalue weighted by molar-refractivity contribution is 8.00. The third-order valence-electron chi connectivity index (χ3n) is 3.28. The molecule has 0 radical (unpaired) electrons. The lowest BCUT2D eigenvalue weighted by molar-refractivity contribution is -0.138. The summed E-state index contributed by atoms with van der Waals surface area (Å²) < 4.78 is 4.55. The van der Waals surface area contributed by atoms with E-state index in [-0.39, 0.29) is 5.60 Å². The third-order valence-corrected chi connectivity index (χ3v) is 4.77. The van der Waals surface area contributed by atoms with Crippen LogP contribution in [-0.2, 0) is 14.4 Å². The first-order valence-electron chi connectivity index (χ1n) is 6.74. The largest absolute Gasteiger partial charge is 0.462 e. The van der Waals surface area contributed by atoms with Crippen LogP contribution < -0.4 is 5.73 Å². The van der Waals surface area contributed by atoms with Crippen LogP contribution in [-0.4, -0.2) is 35.8 Å². The van der Waals surface area contributed by atoms with E-state index in [1.54, 1.807) is 0 Å². The molecule has 2 N–H and O–H groups in total. The average molecular weight is 294 g/mol. The van der Waals surface area contributed by atoms with Crippen molar-refractivity contribution in [3.8, 4) is 0 Å². The van der Waals surface area contributed by atoms with Crippen molar-refractivity contribution in [3.63, 3.8) is 0 Å². The fourth-order valence-electron chi connectivity index (χ4n) is 2.19. The molecule has 2 heterocycles. The van der Waals surface area contributed by atoms with Crippen LogP contribution in [0.4, 0.5) is 5.69 Å². The number of fused-ring (bicyclic) bond motifs is 1. The molecular formula is C15H22N2O2S. The maximum absolute atomic E-state index is 9.60. The van der Waals surface area contributed by atoms with Crippen molar-refractivity contribution in [2.75, 3.05) is 24.6 Å². The zero-order chi connectivity index (χ0) is 14.8. The molecule has 2 atom stereocenters. The maximum Gasteiger partial charge on any atom is 0.293 e. The van der Waals surface area contributed by atoms with Gasteiger partial charge in [-0.3, -0.25) is 9.69 Å². The number of nitrogen functional groups attached to an aromatic ring is 1. The van der Waals surface area contributed by atoms with Crippen molar-refractivity contribution in [3.05, 3.63) is 29.8 Å². The number of anilines is 1. The highest BCUT2D eigenvalue weighted by atomic mass is 32.2. The van der Waals surface area contributed by atoms with E-state index < -0.39 is 0 Å². The zero-order valence-corrected chi connectivity index (χ0v) is 13.1. The molecule has 0 aliphatic carbocycles. The van der Waals surface area contributed by atoms with E-state index in [1.807, 2.05) is 32.9 Å². The van der Waals surface area contributed by atoms with Gasteiger partial charge in [0.05, 0.1) is 0 Å². The fraction of sp³-hybridized carbons (Fsp3) is 0.533. The standard InChI is InChI=1S/C10H12N2S.C5H10O2/c11-9-3-1-8(2-4-9)10-7-12(10)5-6-13-10;1-5(2,3)7-4-6/h1-4H,5-7,11H2;4H,1-3H3. The normalized spacial score (nSPS) is 27.1. The Morgan fingerprint density at radius 2 is 2.00 bits per heavy atom. The van der Waals surface area contributed by atoms with E-state index in [0.29, 0.717) is 11.3 Å².